The third-order valence-corrected chi connectivity index (χ3v) is 7.50. The van der Waals surface area contributed by atoms with Crippen molar-refractivity contribution in [3.05, 3.63) is 70.4 Å². The van der Waals surface area contributed by atoms with Crippen LogP contribution in [0.15, 0.2) is 63.9 Å². The zero-order chi connectivity index (χ0) is 17.9. The van der Waals surface area contributed by atoms with Crippen LogP contribution in [0, 0.1) is 6.92 Å². The Hall–Kier alpha value is -1.76. The molecule has 0 fully saturated rings. The highest BCUT2D eigenvalue weighted by molar-refractivity contribution is 7.90. The quantitative estimate of drug-likeness (QED) is 0.575. The van der Waals surface area contributed by atoms with Crippen molar-refractivity contribution in [3.63, 3.8) is 0 Å². The molecule has 6 heteroatoms. The molecule has 3 aromatic rings. The third kappa shape index (κ3) is 4.45. The normalized spacial score (nSPS) is 12.5. The Bertz CT molecular complexity index is 1010. The van der Waals surface area contributed by atoms with Crippen molar-refractivity contribution in [2.45, 2.75) is 31.6 Å². The Morgan fingerprint density at radius 3 is 2.28 bits per heavy atom. The number of hydrogen-bond acceptors (Lipinski definition) is 4. The number of hydrogen-bond donors (Lipinski definition) is 0. The molecule has 3 nitrogen and oxygen atoms in total. The van der Waals surface area contributed by atoms with Crippen molar-refractivity contribution in [1.29, 1.82) is 0 Å². The van der Waals surface area contributed by atoms with Crippen molar-refractivity contribution in [3.8, 4) is 10.4 Å². The van der Waals surface area contributed by atoms with Crippen LogP contribution in [0.3, 0.4) is 0 Å². The van der Waals surface area contributed by atoms with Gasteiger partial charge in [-0.2, -0.15) is 8.42 Å². The summed E-state index contributed by atoms with van der Waals surface area (Å²) in [6.45, 7) is 4.09. The van der Waals surface area contributed by atoms with Crippen LogP contribution in [0.25, 0.3) is 10.4 Å². The fourth-order valence-corrected chi connectivity index (χ4v) is 5.90. The van der Waals surface area contributed by atoms with Gasteiger partial charge in [0, 0.05) is 4.88 Å². The topological polar surface area (TPSA) is 46.5 Å². The van der Waals surface area contributed by atoms with Crippen molar-refractivity contribution in [2.24, 2.45) is 4.40 Å². The number of nitrogens with zero attached hydrogens (tertiary/aromatic N) is 1. The SMILES string of the molecule is CCCc1ccc(-c2cc(=NS(=O)(=O)c3ccc(C)cc3)ss2)cc1. The van der Waals surface area contributed by atoms with Gasteiger partial charge >= 0.3 is 0 Å². The second kappa shape index (κ2) is 7.64. The second-order valence-corrected chi connectivity index (χ2v) is 9.64. The van der Waals surface area contributed by atoms with E-state index in [0.29, 0.717) is 4.67 Å². The van der Waals surface area contributed by atoms with Crippen LogP contribution in [0.5, 0.6) is 0 Å². The molecule has 0 saturated heterocycles. The van der Waals surface area contributed by atoms with E-state index in [2.05, 4.69) is 35.6 Å². The van der Waals surface area contributed by atoms with Crippen LogP contribution in [-0.4, -0.2) is 8.42 Å². The van der Waals surface area contributed by atoms with Crippen molar-refractivity contribution in [2.75, 3.05) is 0 Å². The summed E-state index contributed by atoms with van der Waals surface area (Å²) in [6.07, 6.45) is 2.20. The summed E-state index contributed by atoms with van der Waals surface area (Å²) >= 11 is 0. The first kappa shape index (κ1) is 18.0. The largest absolute Gasteiger partial charge is 0.283 e. The smallest absolute Gasteiger partial charge is 0.199 e. The Kier molecular flexibility index (Phi) is 5.51. The van der Waals surface area contributed by atoms with E-state index in [1.807, 2.05) is 13.0 Å². The molecular formula is C19H19NO2S3. The van der Waals surface area contributed by atoms with Crippen molar-refractivity contribution >= 4 is 30.7 Å². The highest BCUT2D eigenvalue weighted by Gasteiger charge is 2.12. The van der Waals surface area contributed by atoms with Gasteiger partial charge < -0.3 is 0 Å². The average molecular weight is 390 g/mol. The van der Waals surface area contributed by atoms with E-state index in [-0.39, 0.29) is 4.90 Å². The summed E-state index contributed by atoms with van der Waals surface area (Å²) in [4.78, 5) is 1.26. The molecule has 0 amide bonds. The van der Waals surface area contributed by atoms with Gasteiger partial charge in [0.1, 0.15) is 4.67 Å². The first-order chi connectivity index (χ1) is 12.0. The fourth-order valence-electron chi connectivity index (χ4n) is 2.43. The molecule has 0 atom stereocenters. The monoisotopic (exact) mass is 389 g/mol. The van der Waals surface area contributed by atoms with E-state index in [4.69, 9.17) is 0 Å². The zero-order valence-corrected chi connectivity index (χ0v) is 16.5. The van der Waals surface area contributed by atoms with Crippen LogP contribution in [0.1, 0.15) is 24.5 Å². The van der Waals surface area contributed by atoms with Crippen LogP contribution in [0.2, 0.25) is 0 Å². The lowest BCUT2D eigenvalue weighted by atomic mass is 10.1. The average Bonchev–Trinajstić information content (AvgIpc) is 3.04. The standard InChI is InChI=1S/C19H19NO2S3/c1-3-4-15-7-9-16(10-8-15)18-13-19(24-23-18)20-25(21,22)17-11-5-14(2)6-12-17/h5-13H,3-4H2,1-2H3. The zero-order valence-electron chi connectivity index (χ0n) is 14.1. The predicted molar refractivity (Wildman–Crippen MR) is 106 cm³/mol. The Morgan fingerprint density at radius 1 is 0.960 bits per heavy atom. The number of benzene rings is 2. The lowest BCUT2D eigenvalue weighted by molar-refractivity contribution is 0.597. The molecule has 3 rings (SSSR count). The molecule has 130 valence electrons. The van der Waals surface area contributed by atoms with Gasteiger partial charge in [0.15, 0.2) is 0 Å². The molecule has 0 bridgehead atoms. The van der Waals surface area contributed by atoms with Gasteiger partial charge in [0.25, 0.3) is 10.0 Å². The summed E-state index contributed by atoms with van der Waals surface area (Å²) in [5.74, 6) is 0. The van der Waals surface area contributed by atoms with Gasteiger partial charge in [0.2, 0.25) is 0 Å². The van der Waals surface area contributed by atoms with E-state index >= 15 is 0 Å². The maximum absolute atomic E-state index is 12.4. The minimum absolute atomic E-state index is 0.224. The molecule has 0 aliphatic rings. The van der Waals surface area contributed by atoms with Crippen molar-refractivity contribution in [1.82, 2.24) is 0 Å². The summed E-state index contributed by atoms with van der Waals surface area (Å²) in [5, 5.41) is 0. The maximum atomic E-state index is 12.4. The molecule has 0 spiro atoms. The maximum Gasteiger partial charge on any atom is 0.283 e. The number of aryl methyl sites for hydroxylation is 2. The Balaban J connectivity index is 1.89. The van der Waals surface area contributed by atoms with E-state index < -0.39 is 10.0 Å². The summed E-state index contributed by atoms with van der Waals surface area (Å²) in [6, 6.07) is 17.0. The first-order valence-corrected chi connectivity index (χ1v) is 11.6. The summed E-state index contributed by atoms with van der Waals surface area (Å²) in [5.41, 5.74) is 3.43. The van der Waals surface area contributed by atoms with Crippen molar-refractivity contribution < 1.29 is 8.42 Å². The number of rotatable bonds is 5. The molecule has 0 N–H and O–H groups in total. The molecule has 25 heavy (non-hydrogen) atoms. The molecule has 0 radical (unpaired) electrons. The molecule has 2 aromatic carbocycles. The summed E-state index contributed by atoms with van der Waals surface area (Å²) in [7, 11) is -0.748. The first-order valence-electron chi connectivity index (χ1n) is 8.05. The number of sulfonamides is 1. The van der Waals surface area contributed by atoms with Gasteiger partial charge in [-0.25, -0.2) is 0 Å². The molecule has 1 aromatic heterocycles. The van der Waals surface area contributed by atoms with E-state index in [1.54, 1.807) is 34.6 Å². The van der Waals surface area contributed by atoms with Gasteiger partial charge in [-0.15, -0.1) is 4.40 Å². The molecule has 0 unspecified atom stereocenters. The van der Waals surface area contributed by atoms with E-state index in [0.717, 1.165) is 28.8 Å². The molecule has 0 aliphatic carbocycles. The Labute approximate surface area is 155 Å². The van der Waals surface area contributed by atoms with E-state index in [1.165, 1.54) is 15.9 Å². The van der Waals surface area contributed by atoms with Crippen LogP contribution in [0.4, 0.5) is 0 Å². The third-order valence-electron chi connectivity index (χ3n) is 3.78. The highest BCUT2D eigenvalue weighted by atomic mass is 32.9. The van der Waals surface area contributed by atoms with Gasteiger partial charge in [-0.3, -0.25) is 0 Å². The lowest BCUT2D eigenvalue weighted by Crippen LogP contribution is -2.03. The molecular weight excluding hydrogens is 370 g/mol. The van der Waals surface area contributed by atoms with Crippen LogP contribution >= 0.6 is 20.7 Å². The van der Waals surface area contributed by atoms with E-state index in [9.17, 15) is 8.42 Å². The fraction of sp³-hybridized carbons (Fsp3) is 0.211. The minimum Gasteiger partial charge on any atom is -0.199 e. The molecule has 0 saturated carbocycles. The van der Waals surface area contributed by atoms with Gasteiger partial charge in [0.05, 0.1) is 4.90 Å². The van der Waals surface area contributed by atoms with Crippen LogP contribution in [-0.2, 0) is 16.4 Å². The van der Waals surface area contributed by atoms with Gasteiger partial charge in [-0.05, 0) is 42.7 Å². The predicted octanol–water partition coefficient (Wildman–Crippen LogP) is 5.03. The highest BCUT2D eigenvalue weighted by Crippen LogP contribution is 2.26. The van der Waals surface area contributed by atoms with Crippen LogP contribution < -0.4 is 4.67 Å². The Morgan fingerprint density at radius 2 is 1.64 bits per heavy atom. The minimum atomic E-state index is -3.67. The molecule has 1 heterocycles. The van der Waals surface area contributed by atoms with Gasteiger partial charge in [-0.1, -0.05) is 76.0 Å². The lowest BCUT2D eigenvalue weighted by Gasteiger charge is -2.00. The second-order valence-electron chi connectivity index (χ2n) is 5.84. The molecule has 0 aliphatic heterocycles. The summed E-state index contributed by atoms with van der Waals surface area (Å²) < 4.78 is 29.3.